The van der Waals surface area contributed by atoms with E-state index < -0.39 is 0 Å². The van der Waals surface area contributed by atoms with Crippen LogP contribution in [0.3, 0.4) is 0 Å². The van der Waals surface area contributed by atoms with Crippen molar-refractivity contribution in [2.45, 2.75) is 13.8 Å². The quantitative estimate of drug-likeness (QED) is 0.500. The molecule has 0 fully saturated rings. The summed E-state index contributed by atoms with van der Waals surface area (Å²) in [5.74, 6) is -0.510. The largest absolute Gasteiger partial charge is 0.380 e. The Hall–Kier alpha value is -2.31. The monoisotopic (exact) mass is 482 g/mol. The van der Waals surface area contributed by atoms with Gasteiger partial charge in [0.2, 0.25) is 5.91 Å². The number of anilines is 1. The van der Waals surface area contributed by atoms with Gasteiger partial charge in [0, 0.05) is 45.8 Å². The Morgan fingerprint density at radius 2 is 1.94 bits per heavy atom. The summed E-state index contributed by atoms with van der Waals surface area (Å²) >= 11 is 13.5. The molecule has 0 aliphatic rings. The van der Waals surface area contributed by atoms with Crippen molar-refractivity contribution < 1.29 is 14.3 Å². The van der Waals surface area contributed by atoms with Crippen molar-refractivity contribution in [2.75, 3.05) is 44.8 Å². The third-order valence-corrected chi connectivity index (χ3v) is 6.36. The first-order chi connectivity index (χ1) is 14.8. The molecule has 10 heteroatoms. The average Bonchev–Trinajstić information content (AvgIpc) is 3.13. The first-order valence-electron chi connectivity index (χ1n) is 9.63. The minimum absolute atomic E-state index is 0.174. The minimum Gasteiger partial charge on any atom is -0.380 e. The van der Waals surface area contributed by atoms with E-state index in [0.717, 1.165) is 0 Å². The van der Waals surface area contributed by atoms with E-state index in [4.69, 9.17) is 27.9 Å². The fraction of sp³-hybridized carbons (Fsp3) is 0.381. The number of amides is 2. The molecule has 1 heterocycles. The number of carbonyl (C=O) groups is 2. The topological polar surface area (TPSA) is 94.5 Å². The van der Waals surface area contributed by atoms with Crippen LogP contribution in [0.25, 0.3) is 11.1 Å². The molecule has 0 aliphatic carbocycles. The average molecular weight is 483 g/mol. The number of hydrogen-bond donors (Lipinski definition) is 2. The third kappa shape index (κ3) is 6.58. The molecular weight excluding hydrogens is 459 g/mol. The number of carbonyl (C=O) groups excluding carboxylic acids is 2. The summed E-state index contributed by atoms with van der Waals surface area (Å²) < 4.78 is 5.42. The van der Waals surface area contributed by atoms with E-state index in [2.05, 4.69) is 16.7 Å². The van der Waals surface area contributed by atoms with E-state index in [1.54, 1.807) is 18.2 Å². The van der Waals surface area contributed by atoms with E-state index in [1.807, 2.05) is 18.9 Å². The highest BCUT2D eigenvalue weighted by molar-refractivity contribution is 7.18. The Bertz CT molecular complexity index is 988. The smallest absolute Gasteiger partial charge is 0.262 e. The highest BCUT2D eigenvalue weighted by Crippen LogP contribution is 2.42. The highest BCUT2D eigenvalue weighted by Gasteiger charge is 2.26. The zero-order valence-electron chi connectivity index (χ0n) is 17.6. The fourth-order valence-electron chi connectivity index (χ4n) is 2.82. The van der Waals surface area contributed by atoms with Gasteiger partial charge in [-0.1, -0.05) is 29.3 Å². The number of thiophene rings is 1. The number of nitriles is 1. The molecule has 2 N–H and O–H groups in total. The van der Waals surface area contributed by atoms with Gasteiger partial charge in [0.15, 0.2) is 0 Å². The van der Waals surface area contributed by atoms with Crippen LogP contribution in [0.1, 0.15) is 29.1 Å². The van der Waals surface area contributed by atoms with Crippen LogP contribution in [0.2, 0.25) is 10.0 Å². The van der Waals surface area contributed by atoms with E-state index in [1.165, 1.54) is 18.3 Å². The molecular formula is C21H24Cl2N4O3S. The molecule has 0 radical (unpaired) electrons. The van der Waals surface area contributed by atoms with Gasteiger partial charge in [-0.2, -0.15) is 5.26 Å². The van der Waals surface area contributed by atoms with E-state index in [0.29, 0.717) is 62.9 Å². The van der Waals surface area contributed by atoms with Crippen molar-refractivity contribution >= 4 is 51.4 Å². The number of nitrogens with one attached hydrogen (secondary N) is 2. The van der Waals surface area contributed by atoms with Crippen LogP contribution in [0.5, 0.6) is 0 Å². The zero-order valence-corrected chi connectivity index (χ0v) is 19.9. The predicted molar refractivity (Wildman–Crippen MR) is 125 cm³/mol. The molecule has 0 unspecified atom stereocenters. The third-order valence-electron chi connectivity index (χ3n) is 4.32. The lowest BCUT2D eigenvalue weighted by molar-refractivity contribution is -0.118. The molecule has 0 spiro atoms. The number of hydrogen-bond acceptors (Lipinski definition) is 6. The molecule has 0 atom stereocenters. The molecule has 1 aromatic carbocycles. The summed E-state index contributed by atoms with van der Waals surface area (Å²) in [5, 5.41) is 16.7. The molecule has 2 aromatic rings. The van der Waals surface area contributed by atoms with E-state index >= 15 is 0 Å². The van der Waals surface area contributed by atoms with Crippen molar-refractivity contribution in [1.82, 2.24) is 10.6 Å². The predicted octanol–water partition coefficient (Wildman–Crippen LogP) is 3.93. The number of likely N-dealkylation sites (N-methyl/N-ethyl adjacent to an activating group) is 1. The summed E-state index contributed by atoms with van der Waals surface area (Å²) in [4.78, 5) is 26.3. The zero-order chi connectivity index (χ0) is 23.0. The maximum atomic E-state index is 13.0. The van der Waals surface area contributed by atoms with E-state index in [-0.39, 0.29) is 18.4 Å². The first kappa shape index (κ1) is 25.0. The Morgan fingerprint density at radius 3 is 2.55 bits per heavy atom. The van der Waals surface area contributed by atoms with Gasteiger partial charge in [0.05, 0.1) is 22.2 Å². The summed E-state index contributed by atoms with van der Waals surface area (Å²) in [5.41, 5.74) is 1.51. The van der Waals surface area contributed by atoms with Crippen molar-refractivity contribution in [3.05, 3.63) is 38.7 Å². The van der Waals surface area contributed by atoms with Crippen molar-refractivity contribution in [2.24, 2.45) is 0 Å². The second-order valence-corrected chi connectivity index (χ2v) is 8.40. The van der Waals surface area contributed by atoms with E-state index in [9.17, 15) is 14.9 Å². The molecule has 0 saturated carbocycles. The van der Waals surface area contributed by atoms with Gasteiger partial charge in [-0.25, -0.2) is 0 Å². The molecule has 2 rings (SSSR count). The van der Waals surface area contributed by atoms with Crippen LogP contribution in [-0.2, 0) is 9.53 Å². The van der Waals surface area contributed by atoms with Crippen LogP contribution in [0.4, 0.5) is 5.00 Å². The minimum atomic E-state index is -0.336. The lowest BCUT2D eigenvalue weighted by atomic mass is 10.0. The van der Waals surface area contributed by atoms with Crippen LogP contribution in [0.15, 0.2) is 18.2 Å². The molecule has 2 amide bonds. The Kier molecular flexibility index (Phi) is 9.59. The standard InChI is InChI=1S/C21H24Cl2N4O3S/c1-4-30-10-9-27(3)21-15(12-24)18(14-5-6-16(22)17(23)11-14)19(31-21)20(29)26-8-7-25-13(2)28/h5-6,11H,4,7-10H2,1-3H3,(H,25,28)(H,26,29). The Morgan fingerprint density at radius 1 is 1.23 bits per heavy atom. The Balaban J connectivity index is 2.45. The number of halogens is 2. The lowest BCUT2D eigenvalue weighted by Crippen LogP contribution is -2.33. The first-order valence-corrected chi connectivity index (χ1v) is 11.2. The maximum Gasteiger partial charge on any atom is 0.262 e. The maximum absolute atomic E-state index is 13.0. The fourth-order valence-corrected chi connectivity index (χ4v) is 4.30. The van der Waals surface area contributed by atoms with Gasteiger partial charge in [-0.15, -0.1) is 11.3 Å². The van der Waals surface area contributed by atoms with Gasteiger partial charge in [0.25, 0.3) is 5.91 Å². The normalized spacial score (nSPS) is 10.5. The van der Waals surface area contributed by atoms with Crippen LogP contribution >= 0.6 is 34.5 Å². The van der Waals surface area contributed by atoms with Gasteiger partial charge >= 0.3 is 0 Å². The summed E-state index contributed by atoms with van der Waals surface area (Å²) in [6, 6.07) is 7.25. The molecule has 0 bridgehead atoms. The van der Waals surface area contributed by atoms with Crippen LogP contribution < -0.4 is 15.5 Å². The Labute approximate surface area is 195 Å². The van der Waals surface area contributed by atoms with Crippen molar-refractivity contribution in [3.8, 4) is 17.2 Å². The molecule has 166 valence electrons. The number of ether oxygens (including phenoxy) is 1. The van der Waals surface area contributed by atoms with Gasteiger partial charge in [-0.05, 0) is 24.6 Å². The summed E-state index contributed by atoms with van der Waals surface area (Å²) in [6.45, 7) is 5.55. The van der Waals surface area contributed by atoms with Crippen LogP contribution in [-0.4, -0.2) is 51.7 Å². The van der Waals surface area contributed by atoms with Gasteiger partial charge < -0.3 is 20.3 Å². The van der Waals surface area contributed by atoms with Crippen molar-refractivity contribution in [1.29, 1.82) is 5.26 Å². The van der Waals surface area contributed by atoms with Crippen LogP contribution in [0, 0.1) is 11.3 Å². The molecule has 0 aliphatic heterocycles. The van der Waals surface area contributed by atoms with Gasteiger partial charge in [-0.3, -0.25) is 9.59 Å². The van der Waals surface area contributed by atoms with Crippen molar-refractivity contribution in [3.63, 3.8) is 0 Å². The molecule has 31 heavy (non-hydrogen) atoms. The molecule has 0 saturated heterocycles. The SMILES string of the molecule is CCOCCN(C)c1sc(C(=O)NCCNC(C)=O)c(-c2ccc(Cl)c(Cl)c2)c1C#N. The van der Waals surface area contributed by atoms with Gasteiger partial charge in [0.1, 0.15) is 15.9 Å². The second kappa shape index (κ2) is 11.9. The molecule has 7 nitrogen and oxygen atoms in total. The number of nitrogens with zero attached hydrogens (tertiary/aromatic N) is 2. The number of rotatable bonds is 10. The number of benzene rings is 1. The molecule has 1 aromatic heterocycles. The lowest BCUT2D eigenvalue weighted by Gasteiger charge is -2.17. The highest BCUT2D eigenvalue weighted by atomic mass is 35.5. The second-order valence-electron chi connectivity index (χ2n) is 6.58. The summed E-state index contributed by atoms with van der Waals surface area (Å²) in [6.07, 6.45) is 0. The summed E-state index contributed by atoms with van der Waals surface area (Å²) in [7, 11) is 1.85.